The van der Waals surface area contributed by atoms with Gasteiger partial charge in [-0.15, -0.1) is 0 Å². The number of hydrogen-bond donors (Lipinski definition) is 0. The number of aromatic nitrogens is 4. The summed E-state index contributed by atoms with van der Waals surface area (Å²) < 4.78 is 5.33. The second-order valence-electron chi connectivity index (χ2n) is 6.23. The van der Waals surface area contributed by atoms with Crippen molar-refractivity contribution in [1.82, 2.24) is 20.1 Å². The fourth-order valence-electron chi connectivity index (χ4n) is 3.34. The molecule has 0 N–H and O–H groups in total. The highest BCUT2D eigenvalue weighted by molar-refractivity contribution is 5.72. The predicted molar refractivity (Wildman–Crippen MR) is 90.6 cm³/mol. The van der Waals surface area contributed by atoms with E-state index in [9.17, 15) is 0 Å². The minimum Gasteiger partial charge on any atom is -0.361 e. The lowest BCUT2D eigenvalue weighted by atomic mass is 10.1. The van der Waals surface area contributed by atoms with Gasteiger partial charge in [0.1, 0.15) is 17.4 Å². The first kappa shape index (κ1) is 14.8. The summed E-state index contributed by atoms with van der Waals surface area (Å²) in [5.41, 5.74) is 6.14. The van der Waals surface area contributed by atoms with Crippen molar-refractivity contribution in [2.75, 3.05) is 4.90 Å². The van der Waals surface area contributed by atoms with Crippen molar-refractivity contribution in [1.29, 1.82) is 0 Å². The molecular formula is C18H19N5O. The first-order valence-corrected chi connectivity index (χ1v) is 8.01. The maximum Gasteiger partial charge on any atom is 0.143 e. The molecule has 0 fully saturated rings. The highest BCUT2D eigenvalue weighted by atomic mass is 16.5. The molecule has 0 amide bonds. The molecule has 0 bridgehead atoms. The summed E-state index contributed by atoms with van der Waals surface area (Å²) in [7, 11) is 0. The van der Waals surface area contributed by atoms with Crippen molar-refractivity contribution >= 4 is 5.82 Å². The molecule has 0 unspecified atom stereocenters. The SMILES string of the molecule is Cc1nc(-c2c(C)noc2C)c(C)c(N2Cc3cccnc3C2)n1. The number of pyridine rings is 1. The number of anilines is 1. The van der Waals surface area contributed by atoms with Crippen LogP contribution in [-0.2, 0) is 13.1 Å². The largest absolute Gasteiger partial charge is 0.361 e. The van der Waals surface area contributed by atoms with Gasteiger partial charge in [0, 0.05) is 18.3 Å². The number of rotatable bonds is 2. The lowest BCUT2D eigenvalue weighted by Crippen LogP contribution is -2.19. The summed E-state index contributed by atoms with van der Waals surface area (Å²) in [5.74, 6) is 2.48. The molecule has 0 radical (unpaired) electrons. The van der Waals surface area contributed by atoms with E-state index in [0.29, 0.717) is 0 Å². The van der Waals surface area contributed by atoms with Crippen LogP contribution in [0.3, 0.4) is 0 Å². The summed E-state index contributed by atoms with van der Waals surface area (Å²) in [4.78, 5) is 16.1. The molecule has 3 aromatic heterocycles. The Morgan fingerprint density at radius 3 is 2.62 bits per heavy atom. The van der Waals surface area contributed by atoms with Gasteiger partial charge < -0.3 is 9.42 Å². The van der Waals surface area contributed by atoms with Crippen LogP contribution in [0, 0.1) is 27.7 Å². The maximum atomic E-state index is 5.33. The first-order valence-electron chi connectivity index (χ1n) is 8.01. The second kappa shape index (κ2) is 5.40. The average molecular weight is 321 g/mol. The van der Waals surface area contributed by atoms with Crippen LogP contribution in [0.1, 0.15) is 34.1 Å². The zero-order chi connectivity index (χ0) is 16.8. The molecule has 1 aliphatic rings. The first-order chi connectivity index (χ1) is 11.5. The van der Waals surface area contributed by atoms with E-state index in [2.05, 4.69) is 33.0 Å². The van der Waals surface area contributed by atoms with E-state index in [4.69, 9.17) is 9.51 Å². The summed E-state index contributed by atoms with van der Waals surface area (Å²) in [6, 6.07) is 4.11. The zero-order valence-corrected chi connectivity index (χ0v) is 14.3. The molecule has 24 heavy (non-hydrogen) atoms. The van der Waals surface area contributed by atoms with Crippen molar-refractivity contribution in [3.8, 4) is 11.3 Å². The van der Waals surface area contributed by atoms with Crippen LogP contribution >= 0.6 is 0 Å². The fourth-order valence-corrected chi connectivity index (χ4v) is 3.34. The maximum absolute atomic E-state index is 5.33. The lowest BCUT2D eigenvalue weighted by molar-refractivity contribution is 0.393. The molecule has 0 saturated carbocycles. The van der Waals surface area contributed by atoms with Crippen molar-refractivity contribution < 1.29 is 4.52 Å². The molecule has 6 nitrogen and oxygen atoms in total. The van der Waals surface area contributed by atoms with Crippen molar-refractivity contribution in [3.63, 3.8) is 0 Å². The highest BCUT2D eigenvalue weighted by Crippen LogP contribution is 2.34. The molecule has 1 aliphatic heterocycles. The molecular weight excluding hydrogens is 302 g/mol. The van der Waals surface area contributed by atoms with Gasteiger partial charge >= 0.3 is 0 Å². The fraction of sp³-hybridized carbons (Fsp3) is 0.333. The summed E-state index contributed by atoms with van der Waals surface area (Å²) in [5, 5.41) is 4.06. The van der Waals surface area contributed by atoms with E-state index in [0.717, 1.165) is 58.7 Å². The van der Waals surface area contributed by atoms with Crippen molar-refractivity contribution in [2.45, 2.75) is 40.8 Å². The van der Waals surface area contributed by atoms with Gasteiger partial charge in [-0.1, -0.05) is 11.2 Å². The number of fused-ring (bicyclic) bond motifs is 1. The Morgan fingerprint density at radius 1 is 1.08 bits per heavy atom. The topological polar surface area (TPSA) is 67.9 Å². The molecule has 122 valence electrons. The Bertz CT molecular complexity index is 887. The molecule has 3 aromatic rings. The highest BCUT2D eigenvalue weighted by Gasteiger charge is 2.25. The van der Waals surface area contributed by atoms with E-state index in [1.807, 2.05) is 33.0 Å². The molecule has 6 heteroatoms. The van der Waals surface area contributed by atoms with Gasteiger partial charge in [0.15, 0.2) is 0 Å². The van der Waals surface area contributed by atoms with Gasteiger partial charge in [-0.25, -0.2) is 9.97 Å². The van der Waals surface area contributed by atoms with E-state index in [1.54, 1.807) is 0 Å². The third-order valence-corrected chi connectivity index (χ3v) is 4.49. The van der Waals surface area contributed by atoms with Crippen LogP contribution < -0.4 is 4.90 Å². The Kier molecular flexibility index (Phi) is 3.33. The van der Waals surface area contributed by atoms with E-state index in [-0.39, 0.29) is 0 Å². The van der Waals surface area contributed by atoms with Gasteiger partial charge in [-0.3, -0.25) is 4.98 Å². The van der Waals surface area contributed by atoms with Gasteiger partial charge in [0.25, 0.3) is 0 Å². The molecule has 0 aromatic carbocycles. The molecule has 0 aliphatic carbocycles. The standard InChI is InChI=1S/C18H19N5O/c1-10-17(16-11(2)22-24-12(16)3)20-13(4)21-18(10)23-8-14-6-5-7-19-15(14)9-23/h5-7H,8-9H2,1-4H3. The molecule has 4 heterocycles. The molecule has 4 rings (SSSR count). The number of aryl methyl sites for hydroxylation is 3. The Balaban J connectivity index is 1.81. The summed E-state index contributed by atoms with van der Waals surface area (Å²) >= 11 is 0. The van der Waals surface area contributed by atoms with Gasteiger partial charge in [-0.2, -0.15) is 0 Å². The third kappa shape index (κ3) is 2.26. The summed E-state index contributed by atoms with van der Waals surface area (Å²) in [6.07, 6.45) is 1.84. The molecule has 0 saturated heterocycles. The van der Waals surface area contributed by atoms with Crippen molar-refractivity contribution in [2.24, 2.45) is 0 Å². The predicted octanol–water partition coefficient (Wildman–Crippen LogP) is 3.28. The van der Waals surface area contributed by atoms with E-state index in [1.165, 1.54) is 5.56 Å². The molecule has 0 spiro atoms. The van der Waals surface area contributed by atoms with Crippen LogP contribution in [-0.4, -0.2) is 20.1 Å². The minimum absolute atomic E-state index is 0.745. The number of nitrogens with zero attached hydrogens (tertiary/aromatic N) is 5. The average Bonchev–Trinajstić information content (AvgIpc) is 3.13. The number of hydrogen-bond acceptors (Lipinski definition) is 6. The normalized spacial score (nSPS) is 13.4. The second-order valence-corrected chi connectivity index (χ2v) is 6.23. The zero-order valence-electron chi connectivity index (χ0n) is 14.3. The van der Waals surface area contributed by atoms with Crippen LogP contribution in [0.4, 0.5) is 5.82 Å². The lowest BCUT2D eigenvalue weighted by Gasteiger charge is -2.20. The summed E-state index contributed by atoms with van der Waals surface area (Å²) in [6.45, 7) is 9.44. The van der Waals surface area contributed by atoms with Crippen molar-refractivity contribution in [3.05, 3.63) is 52.4 Å². The Hall–Kier alpha value is -2.76. The van der Waals surface area contributed by atoms with Gasteiger partial charge in [0.05, 0.1) is 29.2 Å². The van der Waals surface area contributed by atoms with Crippen LogP contribution in [0.5, 0.6) is 0 Å². The Morgan fingerprint density at radius 2 is 1.92 bits per heavy atom. The monoisotopic (exact) mass is 321 g/mol. The smallest absolute Gasteiger partial charge is 0.143 e. The van der Waals surface area contributed by atoms with Gasteiger partial charge in [0.2, 0.25) is 0 Å². The van der Waals surface area contributed by atoms with E-state index >= 15 is 0 Å². The molecule has 0 atom stereocenters. The quantitative estimate of drug-likeness (QED) is 0.721. The van der Waals surface area contributed by atoms with Gasteiger partial charge in [-0.05, 0) is 39.3 Å². The van der Waals surface area contributed by atoms with Crippen LogP contribution in [0.2, 0.25) is 0 Å². The van der Waals surface area contributed by atoms with Crippen LogP contribution in [0.25, 0.3) is 11.3 Å². The van der Waals surface area contributed by atoms with E-state index < -0.39 is 0 Å². The minimum atomic E-state index is 0.745. The van der Waals surface area contributed by atoms with Crippen LogP contribution in [0.15, 0.2) is 22.9 Å². The Labute approximate surface area is 140 Å². The third-order valence-electron chi connectivity index (χ3n) is 4.49.